The van der Waals surface area contributed by atoms with Crippen molar-refractivity contribution in [2.24, 2.45) is 29.6 Å². The number of methoxy groups -OCH3 is 3. The number of aryl methyl sites for hydroxylation is 1. The zero-order valence-corrected chi connectivity index (χ0v) is 33.0. The van der Waals surface area contributed by atoms with Crippen molar-refractivity contribution < 1.29 is 33.4 Å². The fourth-order valence-corrected chi connectivity index (χ4v) is 7.74. The fourth-order valence-electron chi connectivity index (χ4n) is 7.74. The number of hydrogen-bond donors (Lipinski definition) is 0. The van der Waals surface area contributed by atoms with E-state index in [0.717, 1.165) is 24.1 Å². The van der Waals surface area contributed by atoms with Gasteiger partial charge in [-0.25, -0.2) is 9.97 Å². The third kappa shape index (κ3) is 11.2. The summed E-state index contributed by atoms with van der Waals surface area (Å²) in [6.45, 7) is 12.5. The van der Waals surface area contributed by atoms with Gasteiger partial charge in [-0.2, -0.15) is 0 Å². The molecular formula is C41H62N4O7. The van der Waals surface area contributed by atoms with E-state index in [1.807, 2.05) is 76.0 Å². The van der Waals surface area contributed by atoms with Gasteiger partial charge in [0, 0.05) is 64.4 Å². The Bertz CT molecular complexity index is 1450. The van der Waals surface area contributed by atoms with Gasteiger partial charge in [0.2, 0.25) is 11.8 Å². The maximum absolute atomic E-state index is 14.2. The van der Waals surface area contributed by atoms with Crippen LogP contribution in [-0.4, -0.2) is 103 Å². The van der Waals surface area contributed by atoms with Gasteiger partial charge in [0.1, 0.15) is 11.6 Å². The van der Waals surface area contributed by atoms with Crippen molar-refractivity contribution in [1.82, 2.24) is 19.8 Å². The highest BCUT2D eigenvalue weighted by atomic mass is 16.5. The molecule has 2 aromatic rings. The molecule has 1 aromatic carbocycles. The van der Waals surface area contributed by atoms with E-state index in [2.05, 4.69) is 23.8 Å². The quantitative estimate of drug-likeness (QED) is 0.163. The van der Waals surface area contributed by atoms with E-state index in [1.54, 1.807) is 25.3 Å². The van der Waals surface area contributed by atoms with Gasteiger partial charge in [0.15, 0.2) is 0 Å². The number of carbonyl (C=O) groups is 4. The van der Waals surface area contributed by atoms with Crippen LogP contribution in [0.25, 0.3) is 0 Å². The Morgan fingerprint density at radius 2 is 1.65 bits per heavy atom. The number of ether oxygens (including phenoxy) is 3. The normalized spacial score (nSPS) is 18.6. The lowest BCUT2D eigenvalue weighted by Crippen LogP contribution is -2.54. The summed E-state index contributed by atoms with van der Waals surface area (Å²) < 4.78 is 17.1. The fraction of sp³-hybridized carbons (Fsp3) is 0.659. The smallest absolute Gasteiger partial charge is 0.309 e. The number of esters is 1. The van der Waals surface area contributed by atoms with E-state index in [1.165, 1.54) is 7.11 Å². The molecule has 1 fully saturated rings. The summed E-state index contributed by atoms with van der Waals surface area (Å²) in [5.74, 6) is -1.47. The van der Waals surface area contributed by atoms with Gasteiger partial charge in [0.25, 0.3) is 0 Å². The lowest BCUT2D eigenvalue weighted by atomic mass is 9.85. The second-order valence-electron chi connectivity index (χ2n) is 14.8. The van der Waals surface area contributed by atoms with Crippen molar-refractivity contribution in [3.8, 4) is 0 Å². The van der Waals surface area contributed by atoms with Crippen LogP contribution in [-0.2, 0) is 46.2 Å². The molecule has 288 valence electrons. The lowest BCUT2D eigenvalue weighted by Gasteiger charge is -2.40. The molecule has 8 atom stereocenters. The molecule has 2 heterocycles. The number of Topliss-reactive ketones (excluding diaryl/α,β-unsaturated/α-hetero) is 1. The molecule has 11 nitrogen and oxygen atoms in total. The number of benzene rings is 1. The van der Waals surface area contributed by atoms with Crippen LogP contribution in [0, 0.1) is 36.5 Å². The monoisotopic (exact) mass is 722 g/mol. The number of likely N-dealkylation sites (tertiary alicyclic amines) is 1. The molecule has 0 aliphatic carbocycles. The average molecular weight is 723 g/mol. The van der Waals surface area contributed by atoms with Crippen LogP contribution >= 0.6 is 0 Å². The van der Waals surface area contributed by atoms with Crippen LogP contribution in [0.2, 0.25) is 0 Å². The molecule has 0 radical (unpaired) electrons. The molecule has 0 spiro atoms. The molecular weight excluding hydrogens is 660 g/mol. The first-order valence-electron chi connectivity index (χ1n) is 18.8. The third-order valence-electron chi connectivity index (χ3n) is 11.0. The van der Waals surface area contributed by atoms with Gasteiger partial charge in [-0.05, 0) is 49.7 Å². The van der Waals surface area contributed by atoms with Crippen molar-refractivity contribution in [3.63, 3.8) is 0 Å². The number of hydrogen-bond acceptors (Lipinski definition) is 9. The largest absolute Gasteiger partial charge is 0.469 e. The summed E-state index contributed by atoms with van der Waals surface area (Å²) in [5.41, 5.74) is 1.80. The standard InChI is InChI=1S/C41H62N4O7/c1-11-27(4)38(44(7)40(48)32(26(2)3)24-36-42-20-19-28(5)43-36)35(50-8)25-37(47)45-21-15-18-33(45)39(51-9)29(6)34(46)23-31(41(49)52-10)22-30-16-13-12-14-17-30/h12-14,16-17,19-20,26-27,29,31-33,35,38-39H,11,15,18,21-25H2,1-10H3/t27-,29-,31+,32-,33-,35+,38-,39+/m0/s1. The molecule has 0 saturated carbocycles. The highest BCUT2D eigenvalue weighted by molar-refractivity contribution is 5.86. The van der Waals surface area contributed by atoms with E-state index in [-0.39, 0.29) is 60.3 Å². The SMILES string of the molecule is CC[C@H](C)[C@@H]([C@@H](CC(=O)N1CCC[C@H]1[C@H](OC)[C@@H](C)C(=O)C[C@@H](Cc1ccccc1)C(=O)OC)OC)N(C)C(=O)[C@@H](Cc1nccc(C)n1)C(C)C. The highest BCUT2D eigenvalue weighted by Gasteiger charge is 2.43. The van der Waals surface area contributed by atoms with Gasteiger partial charge in [-0.3, -0.25) is 19.2 Å². The minimum atomic E-state index is -0.625. The summed E-state index contributed by atoms with van der Waals surface area (Å²) in [6, 6.07) is 10.7. The minimum absolute atomic E-state index is 0.0132. The summed E-state index contributed by atoms with van der Waals surface area (Å²) in [7, 11) is 6.32. The Labute approximate surface area is 311 Å². The predicted molar refractivity (Wildman–Crippen MR) is 200 cm³/mol. The third-order valence-corrected chi connectivity index (χ3v) is 11.0. The van der Waals surface area contributed by atoms with Gasteiger partial charge >= 0.3 is 5.97 Å². The summed E-state index contributed by atoms with van der Waals surface area (Å²) in [5, 5.41) is 0. The molecule has 52 heavy (non-hydrogen) atoms. The van der Waals surface area contributed by atoms with Crippen LogP contribution < -0.4 is 0 Å². The average Bonchev–Trinajstić information content (AvgIpc) is 3.62. The number of amides is 2. The minimum Gasteiger partial charge on any atom is -0.469 e. The molecule has 11 heteroatoms. The number of carbonyl (C=O) groups excluding carboxylic acids is 4. The zero-order chi connectivity index (χ0) is 38.5. The van der Waals surface area contributed by atoms with Crippen molar-refractivity contribution in [1.29, 1.82) is 0 Å². The molecule has 2 amide bonds. The first-order chi connectivity index (χ1) is 24.8. The van der Waals surface area contributed by atoms with E-state index < -0.39 is 30.0 Å². The van der Waals surface area contributed by atoms with Gasteiger partial charge in [-0.1, -0.05) is 71.4 Å². The summed E-state index contributed by atoms with van der Waals surface area (Å²) in [6.07, 6.45) is 3.77. The van der Waals surface area contributed by atoms with E-state index in [9.17, 15) is 19.2 Å². The first kappa shape index (κ1) is 42.7. The number of ketones is 1. The topological polar surface area (TPSA) is 128 Å². The molecule has 1 saturated heterocycles. The second kappa shape index (κ2) is 20.5. The van der Waals surface area contributed by atoms with Crippen LogP contribution in [0.3, 0.4) is 0 Å². The van der Waals surface area contributed by atoms with Gasteiger partial charge < -0.3 is 24.0 Å². The molecule has 1 aliphatic heterocycles. The summed E-state index contributed by atoms with van der Waals surface area (Å²) in [4.78, 5) is 67.4. The second-order valence-corrected chi connectivity index (χ2v) is 14.8. The molecule has 3 rings (SSSR count). The number of nitrogens with zero attached hydrogens (tertiary/aromatic N) is 4. The number of likely N-dealkylation sites (N-methyl/N-ethyl adjacent to an activating group) is 1. The lowest BCUT2D eigenvalue weighted by molar-refractivity contribution is -0.149. The first-order valence-corrected chi connectivity index (χ1v) is 18.8. The summed E-state index contributed by atoms with van der Waals surface area (Å²) >= 11 is 0. The van der Waals surface area contributed by atoms with Crippen molar-refractivity contribution in [2.45, 2.75) is 111 Å². The Morgan fingerprint density at radius 1 is 0.962 bits per heavy atom. The van der Waals surface area contributed by atoms with Crippen LogP contribution in [0.15, 0.2) is 42.6 Å². The Balaban J connectivity index is 1.78. The molecule has 0 N–H and O–H groups in total. The highest BCUT2D eigenvalue weighted by Crippen LogP contribution is 2.31. The Kier molecular flexibility index (Phi) is 16.9. The maximum Gasteiger partial charge on any atom is 0.309 e. The van der Waals surface area contributed by atoms with Gasteiger partial charge in [0.05, 0.1) is 43.7 Å². The van der Waals surface area contributed by atoms with E-state index in [0.29, 0.717) is 31.6 Å². The number of rotatable bonds is 20. The zero-order valence-electron chi connectivity index (χ0n) is 33.0. The van der Waals surface area contributed by atoms with Crippen molar-refractivity contribution in [2.75, 3.05) is 34.9 Å². The van der Waals surface area contributed by atoms with Gasteiger partial charge in [-0.15, -0.1) is 0 Å². The molecule has 1 aliphatic rings. The molecule has 0 bridgehead atoms. The van der Waals surface area contributed by atoms with Crippen LogP contribution in [0.4, 0.5) is 0 Å². The molecule has 0 unspecified atom stereocenters. The van der Waals surface area contributed by atoms with Crippen molar-refractivity contribution in [3.05, 3.63) is 59.7 Å². The van der Waals surface area contributed by atoms with Crippen molar-refractivity contribution >= 4 is 23.6 Å². The van der Waals surface area contributed by atoms with E-state index >= 15 is 0 Å². The van der Waals surface area contributed by atoms with Crippen LogP contribution in [0.5, 0.6) is 0 Å². The predicted octanol–water partition coefficient (Wildman–Crippen LogP) is 5.51. The maximum atomic E-state index is 14.2. The Morgan fingerprint density at radius 3 is 2.23 bits per heavy atom. The Hall–Kier alpha value is -3.70. The number of aromatic nitrogens is 2. The van der Waals surface area contributed by atoms with E-state index in [4.69, 9.17) is 14.2 Å². The molecule has 1 aromatic heterocycles. The van der Waals surface area contributed by atoms with Crippen LogP contribution in [0.1, 0.15) is 83.8 Å².